The molecule has 2 aromatic carbocycles. The number of aromatic nitrogens is 2. The Hall–Kier alpha value is -3.53. The van der Waals surface area contributed by atoms with Crippen LogP contribution in [0.1, 0.15) is 23.2 Å². The predicted molar refractivity (Wildman–Crippen MR) is 123 cm³/mol. The third kappa shape index (κ3) is 6.01. The van der Waals surface area contributed by atoms with Crippen molar-refractivity contribution in [1.29, 1.82) is 0 Å². The fourth-order valence-electron chi connectivity index (χ4n) is 3.19. The lowest BCUT2D eigenvalue weighted by molar-refractivity contribution is -0.121. The summed E-state index contributed by atoms with van der Waals surface area (Å²) in [5.41, 5.74) is 9.19. The maximum Gasteiger partial charge on any atom is 0.265 e. The lowest BCUT2D eigenvalue weighted by Gasteiger charge is -2.14. The van der Waals surface area contributed by atoms with E-state index >= 15 is 0 Å². The van der Waals surface area contributed by atoms with E-state index in [0.717, 1.165) is 11.3 Å². The molecule has 1 amide bonds. The molecule has 9 nitrogen and oxygen atoms in total. The van der Waals surface area contributed by atoms with Crippen LogP contribution in [0.5, 0.6) is 5.75 Å². The maximum absolute atomic E-state index is 12.9. The van der Waals surface area contributed by atoms with Gasteiger partial charge in [-0.3, -0.25) is 9.52 Å². The number of nitrogens with zero attached hydrogens (tertiary/aromatic N) is 1. The average Bonchev–Trinajstić information content (AvgIpc) is 3.27. The highest BCUT2D eigenvalue weighted by molar-refractivity contribution is 7.92. The van der Waals surface area contributed by atoms with Gasteiger partial charge in [-0.15, -0.1) is 0 Å². The summed E-state index contributed by atoms with van der Waals surface area (Å²) in [5.74, 6) is 0.128. The van der Waals surface area contributed by atoms with E-state index in [1.165, 1.54) is 13.2 Å². The zero-order valence-corrected chi connectivity index (χ0v) is 18.8. The number of rotatable bonds is 10. The monoisotopic (exact) mass is 457 g/mol. The minimum absolute atomic E-state index is 0.0176. The summed E-state index contributed by atoms with van der Waals surface area (Å²) in [5, 5.41) is 2.86. The highest BCUT2D eigenvalue weighted by Crippen LogP contribution is 2.29. The van der Waals surface area contributed by atoms with Crippen molar-refractivity contribution in [1.82, 2.24) is 15.3 Å². The smallest absolute Gasteiger partial charge is 0.265 e. The van der Waals surface area contributed by atoms with Gasteiger partial charge in [0.2, 0.25) is 5.91 Å². The third-order valence-electron chi connectivity index (χ3n) is 4.92. The molecule has 3 aromatic rings. The predicted octanol–water partition coefficient (Wildman–Crippen LogP) is 2.40. The molecule has 1 aromatic heterocycles. The number of hydrogen-bond donors (Lipinski definition) is 4. The molecule has 0 unspecified atom stereocenters. The molecule has 0 spiro atoms. The van der Waals surface area contributed by atoms with Crippen LogP contribution in [0.25, 0.3) is 0 Å². The number of carbonyl (C=O) groups is 1. The molecular formula is C22H27N5O4S. The molecule has 3 rings (SSSR count). The number of methoxy groups -OCH3 is 1. The molecule has 0 aliphatic carbocycles. The van der Waals surface area contributed by atoms with Crippen molar-refractivity contribution in [2.75, 3.05) is 24.1 Å². The third-order valence-corrected chi connectivity index (χ3v) is 6.33. The maximum atomic E-state index is 12.9. The van der Waals surface area contributed by atoms with E-state index in [1.54, 1.807) is 49.8 Å². The van der Waals surface area contributed by atoms with Gasteiger partial charge in [0.25, 0.3) is 10.0 Å². The number of hydrogen-bond acceptors (Lipinski definition) is 6. The number of benzene rings is 2. The van der Waals surface area contributed by atoms with Crippen LogP contribution in [0, 0.1) is 6.92 Å². The minimum Gasteiger partial charge on any atom is -0.495 e. The average molecular weight is 458 g/mol. The number of anilines is 2. The molecule has 0 atom stereocenters. The largest absolute Gasteiger partial charge is 0.495 e. The fraction of sp³-hybridized carbons (Fsp3) is 0.273. The summed E-state index contributed by atoms with van der Waals surface area (Å²) in [7, 11) is -2.46. The van der Waals surface area contributed by atoms with E-state index < -0.39 is 10.0 Å². The van der Waals surface area contributed by atoms with Gasteiger partial charge in [0.15, 0.2) is 0 Å². The van der Waals surface area contributed by atoms with Gasteiger partial charge in [0, 0.05) is 37.0 Å². The number of aryl methyl sites for hydroxylation is 2. The number of nitrogen functional groups attached to an aromatic ring is 1. The molecule has 0 saturated heterocycles. The molecule has 1 heterocycles. The second-order valence-electron chi connectivity index (χ2n) is 7.34. The first-order valence-electron chi connectivity index (χ1n) is 10.1. The standard InChI is InChI=1S/C22H27N5O4S/c1-15-11-17(23)5-6-19(15)27-32(29,30)21-7-3-16(12-20(21)31-2)4-8-22(28)25-10-9-18-13-24-14-26-18/h3,5-7,11-14,27H,4,8-10,23H2,1-2H3,(H,24,26)(H,25,28). The molecule has 0 bridgehead atoms. The Kier molecular flexibility index (Phi) is 7.37. The zero-order chi connectivity index (χ0) is 23.1. The molecule has 0 aliphatic heterocycles. The summed E-state index contributed by atoms with van der Waals surface area (Å²) in [4.78, 5) is 19.0. The van der Waals surface area contributed by atoms with Crippen LogP contribution in [-0.4, -0.2) is 37.9 Å². The topological polar surface area (TPSA) is 139 Å². The molecule has 32 heavy (non-hydrogen) atoms. The van der Waals surface area contributed by atoms with Crippen LogP contribution >= 0.6 is 0 Å². The number of H-pyrrole nitrogens is 1. The van der Waals surface area contributed by atoms with Crippen molar-refractivity contribution in [2.24, 2.45) is 0 Å². The van der Waals surface area contributed by atoms with E-state index in [0.29, 0.717) is 36.3 Å². The lowest BCUT2D eigenvalue weighted by atomic mass is 10.1. The van der Waals surface area contributed by atoms with Crippen molar-refractivity contribution >= 4 is 27.3 Å². The van der Waals surface area contributed by atoms with Crippen molar-refractivity contribution < 1.29 is 17.9 Å². The van der Waals surface area contributed by atoms with E-state index in [4.69, 9.17) is 10.5 Å². The Morgan fingerprint density at radius 1 is 1.19 bits per heavy atom. The first kappa shape index (κ1) is 23.1. The van der Waals surface area contributed by atoms with Crippen LogP contribution in [0.2, 0.25) is 0 Å². The molecule has 0 fully saturated rings. The summed E-state index contributed by atoms with van der Waals surface area (Å²) < 4.78 is 33.7. The molecule has 0 radical (unpaired) electrons. The first-order valence-corrected chi connectivity index (χ1v) is 11.6. The Morgan fingerprint density at radius 2 is 2.00 bits per heavy atom. The Bertz CT molecular complexity index is 1180. The molecule has 10 heteroatoms. The molecular weight excluding hydrogens is 430 g/mol. The molecule has 170 valence electrons. The number of ether oxygens (including phenoxy) is 1. The van der Waals surface area contributed by atoms with Crippen molar-refractivity contribution in [3.05, 3.63) is 65.7 Å². The number of imidazole rings is 1. The fourth-order valence-corrected chi connectivity index (χ4v) is 4.48. The number of nitrogens with two attached hydrogens (primary N) is 1. The number of sulfonamides is 1. The number of aromatic amines is 1. The van der Waals surface area contributed by atoms with Gasteiger partial charge in [-0.2, -0.15) is 0 Å². The van der Waals surface area contributed by atoms with Crippen molar-refractivity contribution in [3.8, 4) is 5.75 Å². The summed E-state index contributed by atoms with van der Waals surface area (Å²) in [6.45, 7) is 2.28. The van der Waals surface area contributed by atoms with Crippen LogP contribution in [0.3, 0.4) is 0 Å². The van der Waals surface area contributed by atoms with Crippen LogP contribution in [0.15, 0.2) is 53.8 Å². The van der Waals surface area contributed by atoms with Gasteiger partial charge in [-0.05, 0) is 54.8 Å². The van der Waals surface area contributed by atoms with Crippen molar-refractivity contribution in [3.63, 3.8) is 0 Å². The van der Waals surface area contributed by atoms with E-state index in [2.05, 4.69) is 20.0 Å². The zero-order valence-electron chi connectivity index (χ0n) is 18.0. The second-order valence-corrected chi connectivity index (χ2v) is 8.99. The molecule has 5 N–H and O–H groups in total. The SMILES string of the molecule is COc1cc(CCC(=O)NCCc2cnc[nH]2)ccc1S(=O)(=O)Nc1ccc(N)cc1C. The highest BCUT2D eigenvalue weighted by Gasteiger charge is 2.21. The minimum atomic E-state index is -3.88. The normalized spacial score (nSPS) is 11.2. The number of amides is 1. The number of carbonyl (C=O) groups excluding carboxylic acids is 1. The van der Waals surface area contributed by atoms with E-state index in [1.807, 2.05) is 0 Å². The molecule has 0 saturated carbocycles. The van der Waals surface area contributed by atoms with Gasteiger partial charge in [-0.1, -0.05) is 6.07 Å². The van der Waals surface area contributed by atoms with Gasteiger partial charge >= 0.3 is 0 Å². The quantitative estimate of drug-likeness (QED) is 0.345. The summed E-state index contributed by atoms with van der Waals surface area (Å²) >= 11 is 0. The Labute approximate surface area is 187 Å². The van der Waals surface area contributed by atoms with Gasteiger partial charge in [-0.25, -0.2) is 13.4 Å². The first-order chi connectivity index (χ1) is 15.3. The van der Waals surface area contributed by atoms with Gasteiger partial charge in [0.05, 0.1) is 19.1 Å². The van der Waals surface area contributed by atoms with Gasteiger partial charge in [0.1, 0.15) is 10.6 Å². The van der Waals surface area contributed by atoms with Crippen LogP contribution < -0.4 is 20.5 Å². The lowest BCUT2D eigenvalue weighted by Crippen LogP contribution is -2.26. The molecule has 0 aliphatic rings. The van der Waals surface area contributed by atoms with Gasteiger partial charge < -0.3 is 20.8 Å². The summed E-state index contributed by atoms with van der Waals surface area (Å²) in [6, 6.07) is 9.75. The summed E-state index contributed by atoms with van der Waals surface area (Å²) in [6.07, 6.45) is 4.73. The van der Waals surface area contributed by atoms with E-state index in [9.17, 15) is 13.2 Å². The Balaban J connectivity index is 1.62. The highest BCUT2D eigenvalue weighted by atomic mass is 32.2. The van der Waals surface area contributed by atoms with E-state index in [-0.39, 0.29) is 23.0 Å². The van der Waals surface area contributed by atoms with Crippen molar-refractivity contribution in [2.45, 2.75) is 31.1 Å². The number of nitrogens with one attached hydrogen (secondary N) is 3. The Morgan fingerprint density at radius 3 is 2.69 bits per heavy atom. The second kappa shape index (κ2) is 10.2. The van der Waals surface area contributed by atoms with Crippen LogP contribution in [0.4, 0.5) is 11.4 Å². The van der Waals surface area contributed by atoms with Crippen LogP contribution in [-0.2, 0) is 27.7 Å².